The molecule has 1 atom stereocenters. The second-order valence-corrected chi connectivity index (χ2v) is 8.45. The predicted octanol–water partition coefficient (Wildman–Crippen LogP) is 2.49. The van der Waals surface area contributed by atoms with Crippen LogP contribution in [0.3, 0.4) is 0 Å². The van der Waals surface area contributed by atoms with Crippen molar-refractivity contribution in [3.63, 3.8) is 0 Å². The van der Waals surface area contributed by atoms with Crippen molar-refractivity contribution >= 4 is 47.5 Å². The highest BCUT2D eigenvalue weighted by Crippen LogP contribution is 2.36. The highest BCUT2D eigenvalue weighted by Gasteiger charge is 2.29. The molecule has 2 fully saturated rings. The fraction of sp³-hybridized carbons (Fsp3) is 0.667. The van der Waals surface area contributed by atoms with Gasteiger partial charge in [0.05, 0.1) is 13.2 Å². The number of hydrogen-bond donors (Lipinski definition) is 2. The van der Waals surface area contributed by atoms with Crippen molar-refractivity contribution in [2.75, 3.05) is 50.5 Å². The van der Waals surface area contributed by atoms with Crippen LogP contribution in [0.25, 0.3) is 0 Å². The van der Waals surface area contributed by atoms with E-state index in [2.05, 4.69) is 50.3 Å². The molecule has 0 spiro atoms. The first-order valence-corrected chi connectivity index (χ1v) is 10.0. The van der Waals surface area contributed by atoms with Gasteiger partial charge in [0.2, 0.25) is 0 Å². The lowest BCUT2D eigenvalue weighted by Crippen LogP contribution is -2.43. The van der Waals surface area contributed by atoms with Crippen LogP contribution in [0.5, 0.6) is 0 Å². The zero-order chi connectivity index (χ0) is 17.5. The maximum Gasteiger partial charge on any atom is 0.191 e. The molecule has 1 aromatic heterocycles. The molecule has 6 nitrogen and oxygen atoms in total. The third-order valence-electron chi connectivity index (χ3n) is 4.78. The molecule has 146 valence electrons. The van der Waals surface area contributed by atoms with Crippen molar-refractivity contribution in [2.45, 2.75) is 31.1 Å². The van der Waals surface area contributed by atoms with Crippen LogP contribution < -0.4 is 15.5 Å². The second-order valence-electron chi connectivity index (χ2n) is 6.77. The molecule has 2 saturated heterocycles. The molecule has 2 N–H and O–H groups in total. The quantitative estimate of drug-likeness (QED) is 0.375. The Kier molecular flexibility index (Phi) is 8.75. The molecule has 0 radical (unpaired) electrons. The van der Waals surface area contributed by atoms with E-state index in [1.807, 2.05) is 19.3 Å². The molecule has 0 aromatic carbocycles. The fourth-order valence-corrected chi connectivity index (χ4v) is 4.52. The molecular formula is C18H30IN5OS. The van der Waals surface area contributed by atoms with Gasteiger partial charge in [-0.3, -0.25) is 4.99 Å². The third kappa shape index (κ3) is 5.88. The Labute approximate surface area is 178 Å². The van der Waals surface area contributed by atoms with Crippen molar-refractivity contribution in [2.24, 2.45) is 4.99 Å². The highest BCUT2D eigenvalue weighted by molar-refractivity contribution is 14.0. The first-order chi connectivity index (χ1) is 12.2. The van der Waals surface area contributed by atoms with Gasteiger partial charge in [0.25, 0.3) is 0 Å². The summed E-state index contributed by atoms with van der Waals surface area (Å²) < 4.78 is 5.77. The van der Waals surface area contributed by atoms with E-state index in [0.717, 1.165) is 44.6 Å². The first kappa shape index (κ1) is 21.6. The van der Waals surface area contributed by atoms with Crippen LogP contribution in [-0.4, -0.2) is 61.3 Å². The number of aliphatic imine (C=N–C) groups is 1. The Morgan fingerprint density at radius 2 is 2.19 bits per heavy atom. The predicted molar refractivity (Wildman–Crippen MR) is 121 cm³/mol. The summed E-state index contributed by atoms with van der Waals surface area (Å²) in [7, 11) is 1.82. The standard InChI is InChI=1S/C18H29N5OS.HI/c1-18(6-4-12-25-18)14-22-17(19-2)21-13-15-5-3-7-20-16(15)23-8-10-24-11-9-23;/h3,5,7H,4,6,8-14H2,1-2H3,(H2,19,21,22);1H. The number of hydrogen-bond acceptors (Lipinski definition) is 5. The fourth-order valence-electron chi connectivity index (χ4n) is 3.27. The van der Waals surface area contributed by atoms with E-state index < -0.39 is 0 Å². The lowest BCUT2D eigenvalue weighted by molar-refractivity contribution is 0.122. The van der Waals surface area contributed by atoms with Crippen molar-refractivity contribution in [3.05, 3.63) is 23.9 Å². The monoisotopic (exact) mass is 491 g/mol. The number of rotatable bonds is 5. The summed E-state index contributed by atoms with van der Waals surface area (Å²) in [6, 6.07) is 4.12. The number of guanidine groups is 1. The first-order valence-electron chi connectivity index (χ1n) is 9.05. The average molecular weight is 491 g/mol. The average Bonchev–Trinajstić information content (AvgIpc) is 3.10. The maximum absolute atomic E-state index is 5.45. The minimum atomic E-state index is 0. The lowest BCUT2D eigenvalue weighted by atomic mass is 10.1. The van der Waals surface area contributed by atoms with Gasteiger partial charge in [-0.1, -0.05) is 6.07 Å². The normalized spacial score (nSPS) is 23.5. The number of pyridine rings is 1. The lowest BCUT2D eigenvalue weighted by Gasteiger charge is -2.29. The molecule has 0 aliphatic carbocycles. The van der Waals surface area contributed by atoms with Crippen LogP contribution >= 0.6 is 35.7 Å². The van der Waals surface area contributed by atoms with Crippen LogP contribution in [0.15, 0.2) is 23.3 Å². The molecule has 2 aliphatic heterocycles. The van der Waals surface area contributed by atoms with E-state index in [9.17, 15) is 0 Å². The van der Waals surface area contributed by atoms with Gasteiger partial charge in [0, 0.05) is 49.7 Å². The van der Waals surface area contributed by atoms with Gasteiger partial charge < -0.3 is 20.3 Å². The minimum Gasteiger partial charge on any atom is -0.378 e. The smallest absolute Gasteiger partial charge is 0.191 e. The largest absolute Gasteiger partial charge is 0.378 e. The van der Waals surface area contributed by atoms with Gasteiger partial charge in [-0.15, -0.1) is 24.0 Å². The van der Waals surface area contributed by atoms with Crippen LogP contribution in [-0.2, 0) is 11.3 Å². The molecule has 3 heterocycles. The second kappa shape index (κ2) is 10.6. The number of morpholine rings is 1. The zero-order valence-corrected chi connectivity index (χ0v) is 18.8. The van der Waals surface area contributed by atoms with Gasteiger partial charge in [0.1, 0.15) is 5.82 Å². The zero-order valence-electron chi connectivity index (χ0n) is 15.7. The molecular weight excluding hydrogens is 461 g/mol. The molecule has 0 bridgehead atoms. The highest BCUT2D eigenvalue weighted by atomic mass is 127. The summed E-state index contributed by atoms with van der Waals surface area (Å²) in [6.07, 6.45) is 4.44. The molecule has 2 aliphatic rings. The van der Waals surface area contributed by atoms with Crippen LogP contribution in [0.1, 0.15) is 25.3 Å². The summed E-state index contributed by atoms with van der Waals surface area (Å²) in [4.78, 5) is 11.3. The van der Waals surface area contributed by atoms with Crippen LogP contribution in [0, 0.1) is 0 Å². The Bertz CT molecular complexity index is 589. The van der Waals surface area contributed by atoms with Crippen molar-refractivity contribution in [1.29, 1.82) is 0 Å². The number of ether oxygens (including phenoxy) is 1. The van der Waals surface area contributed by atoms with E-state index in [0.29, 0.717) is 11.3 Å². The molecule has 0 saturated carbocycles. The maximum atomic E-state index is 5.45. The SMILES string of the molecule is CN=C(NCc1cccnc1N1CCOCC1)NCC1(C)CCCS1.I. The van der Waals surface area contributed by atoms with Gasteiger partial charge >= 0.3 is 0 Å². The Morgan fingerprint density at radius 1 is 1.38 bits per heavy atom. The number of thioether (sulfide) groups is 1. The molecule has 8 heteroatoms. The summed E-state index contributed by atoms with van der Waals surface area (Å²) >= 11 is 2.06. The number of anilines is 1. The topological polar surface area (TPSA) is 61.8 Å². The van der Waals surface area contributed by atoms with Gasteiger partial charge in [-0.25, -0.2) is 4.98 Å². The molecule has 26 heavy (non-hydrogen) atoms. The Morgan fingerprint density at radius 3 is 2.88 bits per heavy atom. The van der Waals surface area contributed by atoms with Crippen LogP contribution in [0.4, 0.5) is 5.82 Å². The van der Waals surface area contributed by atoms with Crippen LogP contribution in [0.2, 0.25) is 0 Å². The molecule has 1 aromatic rings. The summed E-state index contributed by atoms with van der Waals surface area (Å²) in [5.74, 6) is 3.17. The number of nitrogens with one attached hydrogen (secondary N) is 2. The molecule has 1 unspecified atom stereocenters. The van der Waals surface area contributed by atoms with Crippen molar-refractivity contribution in [1.82, 2.24) is 15.6 Å². The minimum absolute atomic E-state index is 0. The Balaban J connectivity index is 0.00000243. The number of nitrogens with zero attached hydrogens (tertiary/aromatic N) is 3. The summed E-state index contributed by atoms with van der Waals surface area (Å²) in [5, 5.41) is 6.92. The van der Waals surface area contributed by atoms with E-state index >= 15 is 0 Å². The van der Waals surface area contributed by atoms with E-state index in [1.165, 1.54) is 24.2 Å². The van der Waals surface area contributed by atoms with E-state index in [1.54, 1.807) is 0 Å². The Hall–Kier alpha value is -0.740. The molecule has 3 rings (SSSR count). The number of aromatic nitrogens is 1. The molecule has 0 amide bonds. The van der Waals surface area contributed by atoms with E-state index in [-0.39, 0.29) is 24.0 Å². The summed E-state index contributed by atoms with van der Waals surface area (Å²) in [5.41, 5.74) is 1.19. The van der Waals surface area contributed by atoms with Gasteiger partial charge in [-0.2, -0.15) is 11.8 Å². The van der Waals surface area contributed by atoms with Crippen molar-refractivity contribution < 1.29 is 4.74 Å². The summed E-state index contributed by atoms with van der Waals surface area (Å²) in [6.45, 7) is 7.32. The van der Waals surface area contributed by atoms with E-state index in [4.69, 9.17) is 4.74 Å². The van der Waals surface area contributed by atoms with Gasteiger partial charge in [0.15, 0.2) is 5.96 Å². The number of halogens is 1. The van der Waals surface area contributed by atoms with Crippen molar-refractivity contribution in [3.8, 4) is 0 Å². The third-order valence-corrected chi connectivity index (χ3v) is 6.32. The van der Waals surface area contributed by atoms with Gasteiger partial charge in [-0.05, 0) is 31.6 Å².